The van der Waals surface area contributed by atoms with E-state index in [0.29, 0.717) is 32.5 Å². The highest BCUT2D eigenvalue weighted by Gasteiger charge is 2.29. The molecular formula is C16H30O4. The molecule has 0 bridgehead atoms. The standard InChI is InChI=1S/C16H30O4/c17-16(9-5-2-6-10-16)20-14-12-18-11-13-19-15-7-3-1-4-8-15/h15,17H,1-14H2. The minimum Gasteiger partial charge on any atom is -0.377 e. The van der Waals surface area contributed by atoms with E-state index in [2.05, 4.69) is 0 Å². The fraction of sp³-hybridized carbons (Fsp3) is 1.00. The molecule has 0 aliphatic heterocycles. The lowest BCUT2D eigenvalue weighted by Gasteiger charge is -2.31. The summed E-state index contributed by atoms with van der Waals surface area (Å²) in [4.78, 5) is 0. The van der Waals surface area contributed by atoms with Gasteiger partial charge in [-0.05, 0) is 25.7 Å². The third kappa shape index (κ3) is 6.08. The van der Waals surface area contributed by atoms with Gasteiger partial charge >= 0.3 is 0 Å². The lowest BCUT2D eigenvalue weighted by atomic mass is 9.94. The third-order valence-electron chi connectivity index (χ3n) is 4.37. The van der Waals surface area contributed by atoms with E-state index >= 15 is 0 Å². The number of rotatable bonds is 8. The molecule has 2 fully saturated rings. The van der Waals surface area contributed by atoms with Gasteiger partial charge in [0, 0.05) is 12.8 Å². The van der Waals surface area contributed by atoms with Crippen LogP contribution >= 0.6 is 0 Å². The van der Waals surface area contributed by atoms with Crippen LogP contribution in [0.2, 0.25) is 0 Å². The van der Waals surface area contributed by atoms with Crippen molar-refractivity contribution in [2.75, 3.05) is 26.4 Å². The van der Waals surface area contributed by atoms with Crippen LogP contribution in [0.1, 0.15) is 64.2 Å². The van der Waals surface area contributed by atoms with Crippen LogP contribution < -0.4 is 0 Å². The molecule has 0 amide bonds. The highest BCUT2D eigenvalue weighted by Crippen LogP contribution is 2.28. The summed E-state index contributed by atoms with van der Waals surface area (Å²) in [6.07, 6.45) is 11.7. The van der Waals surface area contributed by atoms with E-state index in [1.807, 2.05) is 0 Å². The largest absolute Gasteiger partial charge is 0.377 e. The van der Waals surface area contributed by atoms with Crippen LogP contribution in [0.3, 0.4) is 0 Å². The average Bonchev–Trinajstić information content (AvgIpc) is 2.48. The van der Waals surface area contributed by atoms with Crippen molar-refractivity contribution in [1.82, 2.24) is 0 Å². The highest BCUT2D eigenvalue weighted by atomic mass is 16.6. The van der Waals surface area contributed by atoms with E-state index < -0.39 is 5.79 Å². The average molecular weight is 286 g/mol. The van der Waals surface area contributed by atoms with E-state index in [1.165, 1.54) is 38.5 Å². The van der Waals surface area contributed by atoms with Crippen molar-refractivity contribution in [2.24, 2.45) is 0 Å². The Bertz CT molecular complexity index is 245. The Morgan fingerprint density at radius 2 is 1.45 bits per heavy atom. The van der Waals surface area contributed by atoms with Crippen LogP contribution in [-0.2, 0) is 14.2 Å². The Labute approximate surface area is 122 Å². The summed E-state index contributed by atoms with van der Waals surface area (Å²) in [5.74, 6) is -0.889. The maximum atomic E-state index is 10.1. The molecule has 2 saturated carbocycles. The van der Waals surface area contributed by atoms with Gasteiger partial charge in [-0.3, -0.25) is 0 Å². The van der Waals surface area contributed by atoms with Crippen LogP contribution in [0.15, 0.2) is 0 Å². The van der Waals surface area contributed by atoms with Gasteiger partial charge in [0.2, 0.25) is 0 Å². The Balaban J connectivity index is 1.41. The molecule has 0 radical (unpaired) electrons. The zero-order valence-corrected chi connectivity index (χ0v) is 12.6. The monoisotopic (exact) mass is 286 g/mol. The van der Waals surface area contributed by atoms with Gasteiger partial charge in [-0.1, -0.05) is 25.7 Å². The van der Waals surface area contributed by atoms with E-state index in [9.17, 15) is 5.11 Å². The van der Waals surface area contributed by atoms with E-state index in [1.54, 1.807) is 0 Å². The van der Waals surface area contributed by atoms with Crippen molar-refractivity contribution in [3.8, 4) is 0 Å². The second-order valence-electron chi connectivity index (χ2n) is 6.10. The first kappa shape index (κ1) is 16.2. The van der Waals surface area contributed by atoms with Gasteiger partial charge in [0.25, 0.3) is 0 Å². The molecule has 4 heteroatoms. The quantitative estimate of drug-likeness (QED) is 0.550. The summed E-state index contributed by atoms with van der Waals surface area (Å²) in [6.45, 7) is 2.31. The van der Waals surface area contributed by atoms with Gasteiger partial charge < -0.3 is 19.3 Å². The van der Waals surface area contributed by atoms with Gasteiger partial charge in [-0.2, -0.15) is 0 Å². The minimum absolute atomic E-state index is 0.451. The molecule has 118 valence electrons. The van der Waals surface area contributed by atoms with Gasteiger partial charge in [0.15, 0.2) is 5.79 Å². The zero-order valence-electron chi connectivity index (χ0n) is 12.6. The molecule has 0 spiro atoms. The predicted octanol–water partition coefficient (Wildman–Crippen LogP) is 3.02. The van der Waals surface area contributed by atoms with Crippen LogP contribution in [0.25, 0.3) is 0 Å². The molecule has 0 aromatic heterocycles. The number of hydrogen-bond donors (Lipinski definition) is 1. The molecule has 2 aliphatic rings. The van der Waals surface area contributed by atoms with Crippen molar-refractivity contribution < 1.29 is 19.3 Å². The summed E-state index contributed by atoms with van der Waals surface area (Å²) in [7, 11) is 0. The number of hydrogen-bond acceptors (Lipinski definition) is 4. The molecule has 0 aromatic rings. The lowest BCUT2D eigenvalue weighted by molar-refractivity contribution is -0.225. The lowest BCUT2D eigenvalue weighted by Crippen LogP contribution is -2.35. The smallest absolute Gasteiger partial charge is 0.165 e. The topological polar surface area (TPSA) is 47.9 Å². The summed E-state index contributed by atoms with van der Waals surface area (Å²) in [6, 6.07) is 0. The summed E-state index contributed by atoms with van der Waals surface area (Å²) >= 11 is 0. The van der Waals surface area contributed by atoms with Crippen molar-refractivity contribution in [1.29, 1.82) is 0 Å². The second-order valence-corrected chi connectivity index (χ2v) is 6.10. The molecule has 20 heavy (non-hydrogen) atoms. The van der Waals surface area contributed by atoms with Crippen molar-refractivity contribution in [3.05, 3.63) is 0 Å². The van der Waals surface area contributed by atoms with E-state index in [-0.39, 0.29) is 0 Å². The van der Waals surface area contributed by atoms with Crippen LogP contribution in [0.4, 0.5) is 0 Å². The molecule has 4 nitrogen and oxygen atoms in total. The molecule has 0 heterocycles. The zero-order chi connectivity index (χ0) is 14.1. The highest BCUT2D eigenvalue weighted by molar-refractivity contribution is 4.72. The molecule has 0 aromatic carbocycles. The molecule has 0 saturated heterocycles. The van der Waals surface area contributed by atoms with Crippen molar-refractivity contribution in [2.45, 2.75) is 76.1 Å². The van der Waals surface area contributed by atoms with Gasteiger partial charge in [-0.25, -0.2) is 0 Å². The van der Waals surface area contributed by atoms with Crippen LogP contribution in [0, 0.1) is 0 Å². The number of ether oxygens (including phenoxy) is 3. The maximum absolute atomic E-state index is 10.1. The first-order chi connectivity index (χ1) is 9.79. The maximum Gasteiger partial charge on any atom is 0.165 e. The Morgan fingerprint density at radius 1 is 0.800 bits per heavy atom. The predicted molar refractivity (Wildman–Crippen MR) is 77.6 cm³/mol. The molecular weight excluding hydrogens is 256 g/mol. The van der Waals surface area contributed by atoms with Crippen molar-refractivity contribution >= 4 is 0 Å². The Hall–Kier alpha value is -0.160. The molecule has 2 rings (SSSR count). The van der Waals surface area contributed by atoms with Gasteiger partial charge in [0.1, 0.15) is 0 Å². The van der Waals surface area contributed by atoms with Crippen molar-refractivity contribution in [3.63, 3.8) is 0 Å². The second kappa shape index (κ2) is 8.98. The van der Waals surface area contributed by atoms with Gasteiger partial charge in [0.05, 0.1) is 32.5 Å². The SMILES string of the molecule is OC1(OCCOCCOC2CCCCC2)CCCCC1. The molecule has 0 unspecified atom stereocenters. The fourth-order valence-corrected chi connectivity index (χ4v) is 3.15. The van der Waals surface area contributed by atoms with E-state index in [0.717, 1.165) is 25.7 Å². The molecule has 0 atom stereocenters. The molecule has 1 N–H and O–H groups in total. The Morgan fingerprint density at radius 3 is 2.20 bits per heavy atom. The summed E-state index contributed by atoms with van der Waals surface area (Å²) in [5.41, 5.74) is 0. The normalized spacial score (nSPS) is 23.9. The first-order valence-corrected chi connectivity index (χ1v) is 8.34. The number of aliphatic hydroxyl groups is 1. The van der Waals surface area contributed by atoms with Gasteiger partial charge in [-0.15, -0.1) is 0 Å². The van der Waals surface area contributed by atoms with Crippen LogP contribution in [-0.4, -0.2) is 43.4 Å². The minimum atomic E-state index is -0.889. The first-order valence-electron chi connectivity index (χ1n) is 8.34. The Kier molecular flexibility index (Phi) is 7.28. The third-order valence-corrected chi connectivity index (χ3v) is 4.37. The summed E-state index contributed by atoms with van der Waals surface area (Å²) in [5, 5.41) is 10.1. The summed E-state index contributed by atoms with van der Waals surface area (Å²) < 4.78 is 16.8. The van der Waals surface area contributed by atoms with Crippen LogP contribution in [0.5, 0.6) is 0 Å². The fourth-order valence-electron chi connectivity index (χ4n) is 3.15. The van der Waals surface area contributed by atoms with E-state index in [4.69, 9.17) is 14.2 Å². The molecule has 2 aliphatic carbocycles.